The molecule has 468 valence electrons. The molecule has 0 aromatic carbocycles. The minimum absolute atomic E-state index is 0.0775. The van der Waals surface area contributed by atoms with Gasteiger partial charge in [0.25, 0.3) is 0 Å². The van der Waals surface area contributed by atoms with Gasteiger partial charge in [0.2, 0.25) is 0 Å². The molecular weight excluding hydrogens is 997 g/mol. The summed E-state index contributed by atoms with van der Waals surface area (Å²) in [5.74, 6) is -0.875. The predicted molar refractivity (Wildman–Crippen MR) is 353 cm³/mol. The van der Waals surface area contributed by atoms with Crippen molar-refractivity contribution in [2.75, 3.05) is 13.2 Å². The molecule has 6 heteroatoms. The summed E-state index contributed by atoms with van der Waals surface area (Å²) >= 11 is 0. The van der Waals surface area contributed by atoms with Crippen LogP contribution in [-0.4, -0.2) is 37.2 Å². The first kappa shape index (κ1) is 77.6. The van der Waals surface area contributed by atoms with Gasteiger partial charge in [-0.15, -0.1) is 0 Å². The molecule has 0 saturated carbocycles. The molecule has 0 aromatic rings. The number of rotatable bonds is 64. The Kier molecular flexibility index (Phi) is 66.2. The van der Waals surface area contributed by atoms with E-state index < -0.39 is 6.10 Å². The van der Waals surface area contributed by atoms with E-state index in [0.29, 0.717) is 19.3 Å². The van der Waals surface area contributed by atoms with Crippen molar-refractivity contribution >= 4 is 17.9 Å². The fourth-order valence-electron chi connectivity index (χ4n) is 10.2. The van der Waals surface area contributed by atoms with Crippen LogP contribution in [0, 0.1) is 0 Å². The highest BCUT2D eigenvalue weighted by molar-refractivity contribution is 5.71. The predicted octanol–water partition coefficient (Wildman–Crippen LogP) is 24.2. The van der Waals surface area contributed by atoms with Crippen LogP contribution in [0.2, 0.25) is 0 Å². The Bertz CT molecular complexity index is 1530. The summed E-state index contributed by atoms with van der Waals surface area (Å²) in [7, 11) is 0. The van der Waals surface area contributed by atoms with Gasteiger partial charge in [-0.2, -0.15) is 0 Å². The van der Waals surface area contributed by atoms with Crippen LogP contribution in [0.15, 0.2) is 85.1 Å². The van der Waals surface area contributed by atoms with Crippen LogP contribution in [-0.2, 0) is 28.6 Å². The van der Waals surface area contributed by atoms with Crippen molar-refractivity contribution in [3.63, 3.8) is 0 Å². The molecular formula is C75H132O6. The van der Waals surface area contributed by atoms with Crippen molar-refractivity contribution in [2.45, 2.75) is 361 Å². The highest BCUT2D eigenvalue weighted by atomic mass is 16.6. The third-order valence-corrected chi connectivity index (χ3v) is 15.4. The maximum absolute atomic E-state index is 13.0. The Morgan fingerprint density at radius 2 is 0.481 bits per heavy atom. The minimum atomic E-state index is -0.784. The standard InChI is InChI=1S/C75H132O6/c1-4-7-10-13-16-19-22-25-28-31-34-35-36-37-38-39-40-41-42-45-47-50-53-56-59-62-65-68-74(77)80-71-72(81-75(78)69-66-63-60-57-54-51-48-44-33-30-27-24-21-18-15-12-9-6-3)70-79-73(76)67-64-61-58-55-52-49-46-43-32-29-26-23-20-17-14-11-8-5-2/h7,10,16,19,25,28,34-35,37-38,40-41,45,47,72H,4-6,8-9,11-15,17-18,20-24,26-27,29-33,36,39,42-44,46,48-71H2,1-3H3/b10-7-,19-16-,28-25-,35-34-,38-37-,41-40-,47-45-. The Hall–Kier alpha value is -3.41. The lowest BCUT2D eigenvalue weighted by atomic mass is 10.0. The molecule has 1 unspecified atom stereocenters. The lowest BCUT2D eigenvalue weighted by Crippen LogP contribution is -2.30. The summed E-state index contributed by atoms with van der Waals surface area (Å²) in [6.07, 6.45) is 91.7. The molecule has 1 atom stereocenters. The van der Waals surface area contributed by atoms with Crippen molar-refractivity contribution < 1.29 is 28.6 Å². The number of esters is 3. The van der Waals surface area contributed by atoms with Gasteiger partial charge >= 0.3 is 17.9 Å². The fourth-order valence-corrected chi connectivity index (χ4v) is 10.2. The highest BCUT2D eigenvalue weighted by Gasteiger charge is 2.19. The van der Waals surface area contributed by atoms with Crippen molar-refractivity contribution in [3.05, 3.63) is 85.1 Å². The first-order valence-corrected chi connectivity index (χ1v) is 35.1. The second-order valence-electron chi connectivity index (χ2n) is 23.4. The first-order valence-electron chi connectivity index (χ1n) is 35.1. The maximum Gasteiger partial charge on any atom is 0.306 e. The van der Waals surface area contributed by atoms with Crippen molar-refractivity contribution in [1.29, 1.82) is 0 Å². The molecule has 0 N–H and O–H groups in total. The molecule has 0 radical (unpaired) electrons. The van der Waals surface area contributed by atoms with E-state index in [2.05, 4.69) is 106 Å². The van der Waals surface area contributed by atoms with Crippen LogP contribution in [0.3, 0.4) is 0 Å². The molecule has 0 saturated heterocycles. The summed E-state index contributed by atoms with van der Waals surface area (Å²) in [5, 5.41) is 0. The van der Waals surface area contributed by atoms with Crippen LogP contribution < -0.4 is 0 Å². The second-order valence-corrected chi connectivity index (χ2v) is 23.4. The third kappa shape index (κ3) is 67.3. The number of unbranched alkanes of at least 4 members (excludes halogenated alkanes) is 39. The summed E-state index contributed by atoms with van der Waals surface area (Å²) in [5.41, 5.74) is 0. The summed E-state index contributed by atoms with van der Waals surface area (Å²) < 4.78 is 17.0. The van der Waals surface area contributed by atoms with E-state index in [4.69, 9.17) is 14.2 Å². The molecule has 0 rings (SSSR count). The SMILES string of the molecule is CC/C=C\C/C=C\C/C=C\C/C=C\C/C=C\C/C=C\C/C=C\CCCCCCCC(=O)OCC(COC(=O)CCCCCCCCCCCCCCCCCCCC)OC(=O)CCCCCCCCCCCCCCCCCCCC. The van der Waals surface area contributed by atoms with Crippen LogP contribution in [0.4, 0.5) is 0 Å². The number of allylic oxidation sites excluding steroid dienone is 14. The Morgan fingerprint density at radius 1 is 0.259 bits per heavy atom. The minimum Gasteiger partial charge on any atom is -0.462 e. The van der Waals surface area contributed by atoms with Crippen LogP contribution in [0.25, 0.3) is 0 Å². The maximum atomic E-state index is 13.0. The van der Waals surface area contributed by atoms with Crippen LogP contribution in [0.5, 0.6) is 0 Å². The molecule has 0 aliphatic heterocycles. The number of carbonyl (C=O) groups excluding carboxylic acids is 3. The molecule has 0 amide bonds. The molecule has 0 aliphatic rings. The van der Waals surface area contributed by atoms with Crippen molar-refractivity contribution in [3.8, 4) is 0 Å². The number of carbonyl (C=O) groups is 3. The quantitative estimate of drug-likeness (QED) is 0.0261. The van der Waals surface area contributed by atoms with Crippen LogP contribution in [0.1, 0.15) is 355 Å². The van der Waals surface area contributed by atoms with E-state index in [1.165, 1.54) is 193 Å². The summed E-state index contributed by atoms with van der Waals surface area (Å²) in [6.45, 7) is 6.57. The lowest BCUT2D eigenvalue weighted by Gasteiger charge is -2.18. The van der Waals surface area contributed by atoms with E-state index in [0.717, 1.165) is 122 Å². The van der Waals surface area contributed by atoms with Crippen molar-refractivity contribution in [1.82, 2.24) is 0 Å². The van der Waals surface area contributed by atoms with Gasteiger partial charge in [0.1, 0.15) is 13.2 Å². The van der Waals surface area contributed by atoms with Gasteiger partial charge in [-0.3, -0.25) is 14.4 Å². The van der Waals surface area contributed by atoms with Gasteiger partial charge in [0, 0.05) is 19.3 Å². The topological polar surface area (TPSA) is 78.9 Å². The molecule has 0 spiro atoms. The van der Waals surface area contributed by atoms with E-state index >= 15 is 0 Å². The molecule has 81 heavy (non-hydrogen) atoms. The molecule has 0 aromatic heterocycles. The average Bonchev–Trinajstić information content (AvgIpc) is 3.47. The Morgan fingerprint density at radius 3 is 0.753 bits per heavy atom. The van der Waals surface area contributed by atoms with Gasteiger partial charge in [-0.05, 0) is 77.0 Å². The molecule has 0 aliphatic carbocycles. The van der Waals surface area contributed by atoms with Gasteiger partial charge < -0.3 is 14.2 Å². The van der Waals surface area contributed by atoms with Gasteiger partial charge in [-0.1, -0.05) is 343 Å². The Balaban J connectivity index is 4.37. The highest BCUT2D eigenvalue weighted by Crippen LogP contribution is 2.18. The summed E-state index contributed by atoms with van der Waals surface area (Å²) in [4.78, 5) is 38.5. The van der Waals surface area contributed by atoms with E-state index in [1.54, 1.807) is 0 Å². The second kappa shape index (κ2) is 69.1. The van der Waals surface area contributed by atoms with E-state index in [1.807, 2.05) is 0 Å². The van der Waals surface area contributed by atoms with Crippen molar-refractivity contribution in [2.24, 2.45) is 0 Å². The zero-order valence-electron chi connectivity index (χ0n) is 53.8. The van der Waals surface area contributed by atoms with E-state index in [9.17, 15) is 14.4 Å². The third-order valence-electron chi connectivity index (χ3n) is 15.4. The lowest BCUT2D eigenvalue weighted by molar-refractivity contribution is -0.167. The Labute approximate surface area is 503 Å². The van der Waals surface area contributed by atoms with E-state index in [-0.39, 0.29) is 31.1 Å². The number of hydrogen-bond acceptors (Lipinski definition) is 6. The molecule has 0 fully saturated rings. The summed E-state index contributed by atoms with van der Waals surface area (Å²) in [6, 6.07) is 0. The van der Waals surface area contributed by atoms with Gasteiger partial charge in [0.05, 0.1) is 0 Å². The average molecular weight is 1130 g/mol. The smallest absolute Gasteiger partial charge is 0.306 e. The number of hydrogen-bond donors (Lipinski definition) is 0. The molecule has 6 nitrogen and oxygen atoms in total. The van der Waals surface area contributed by atoms with Gasteiger partial charge in [0.15, 0.2) is 6.10 Å². The first-order chi connectivity index (χ1) is 40.0. The monoisotopic (exact) mass is 1130 g/mol. The zero-order chi connectivity index (χ0) is 58.5. The number of ether oxygens (including phenoxy) is 3. The zero-order valence-corrected chi connectivity index (χ0v) is 53.8. The fraction of sp³-hybridized carbons (Fsp3) is 0.773. The molecule has 0 bridgehead atoms. The largest absolute Gasteiger partial charge is 0.462 e. The normalized spacial score (nSPS) is 12.6. The van der Waals surface area contributed by atoms with Crippen LogP contribution >= 0.6 is 0 Å². The van der Waals surface area contributed by atoms with Gasteiger partial charge in [-0.25, -0.2) is 0 Å². The molecule has 0 heterocycles.